The van der Waals surface area contributed by atoms with Crippen molar-refractivity contribution in [1.29, 1.82) is 0 Å². The molecule has 0 saturated carbocycles. The molecule has 0 aromatic heterocycles. The van der Waals surface area contributed by atoms with Crippen LogP contribution in [-0.2, 0) is 19.9 Å². The summed E-state index contributed by atoms with van der Waals surface area (Å²) in [5.74, 6) is -0.746. The van der Waals surface area contributed by atoms with E-state index >= 15 is 0 Å². The van der Waals surface area contributed by atoms with Gasteiger partial charge in [-0.25, -0.2) is 4.79 Å². The fourth-order valence-corrected chi connectivity index (χ4v) is 5.73. The van der Waals surface area contributed by atoms with E-state index in [9.17, 15) is 24.8 Å². The van der Waals surface area contributed by atoms with Crippen molar-refractivity contribution in [2.45, 2.75) is 24.5 Å². The highest BCUT2D eigenvalue weighted by Gasteiger charge is 2.51. The number of rotatable bonds is 8. The number of ether oxygens (including phenoxy) is 1. The minimum absolute atomic E-state index is 0.0430. The van der Waals surface area contributed by atoms with Crippen LogP contribution in [0.15, 0.2) is 84.9 Å². The van der Waals surface area contributed by atoms with Gasteiger partial charge in [0.2, 0.25) is 5.60 Å². The quantitative estimate of drug-likeness (QED) is 0.204. The van der Waals surface area contributed by atoms with Crippen molar-refractivity contribution in [1.82, 2.24) is 0 Å². The maximum Gasteiger partial charge on any atom is 0.348 e. The molecule has 1 unspecified atom stereocenters. The monoisotopic (exact) mass is 516 g/mol. The van der Waals surface area contributed by atoms with Crippen molar-refractivity contribution in [3.63, 3.8) is 0 Å². The fourth-order valence-electron chi connectivity index (χ4n) is 5.73. The van der Waals surface area contributed by atoms with Crippen molar-refractivity contribution < 1.29 is 28.8 Å². The Morgan fingerprint density at radius 3 is 2.03 bits per heavy atom. The van der Waals surface area contributed by atoms with Crippen LogP contribution in [0, 0.1) is 16.0 Å². The molecular formula is C29H30N3O6+. The molecule has 2 bridgehead atoms. The van der Waals surface area contributed by atoms with Crippen LogP contribution in [0.3, 0.4) is 0 Å². The lowest BCUT2D eigenvalue weighted by molar-refractivity contribution is -0.939. The third-order valence-electron chi connectivity index (χ3n) is 7.82. The number of carbonyl (C=O) groups is 2. The van der Waals surface area contributed by atoms with E-state index in [2.05, 4.69) is 5.32 Å². The number of piperidine rings is 3. The number of quaternary nitrogens is 1. The number of anilines is 1. The van der Waals surface area contributed by atoms with Gasteiger partial charge in [0, 0.05) is 36.6 Å². The summed E-state index contributed by atoms with van der Waals surface area (Å²) in [6.45, 7) is 2.30. The molecular weight excluding hydrogens is 486 g/mol. The van der Waals surface area contributed by atoms with Gasteiger partial charge >= 0.3 is 5.97 Å². The summed E-state index contributed by atoms with van der Waals surface area (Å²) in [5, 5.41) is 25.5. The number of nitro benzene ring substituents is 1. The number of nitrogens with zero attached hydrogens (tertiary/aromatic N) is 2. The van der Waals surface area contributed by atoms with Crippen LogP contribution in [0.25, 0.3) is 0 Å². The number of hydrogen-bond donors (Lipinski definition) is 2. The molecule has 3 aromatic carbocycles. The number of non-ortho nitro benzene ring substituents is 1. The fraction of sp³-hybridized carbons (Fsp3) is 0.310. The van der Waals surface area contributed by atoms with Crippen LogP contribution in [0.1, 0.15) is 24.0 Å². The van der Waals surface area contributed by atoms with Gasteiger partial charge < -0.3 is 19.6 Å². The topological polar surface area (TPSA) is 119 Å². The minimum atomic E-state index is -1.95. The Bertz CT molecular complexity index is 1270. The third kappa shape index (κ3) is 5.03. The number of carbonyl (C=O) groups excluding carboxylic acids is 2. The van der Waals surface area contributed by atoms with Crippen molar-refractivity contribution in [2.24, 2.45) is 5.92 Å². The average molecular weight is 517 g/mol. The number of esters is 1. The lowest BCUT2D eigenvalue weighted by atomic mass is 9.82. The zero-order valence-corrected chi connectivity index (χ0v) is 20.9. The van der Waals surface area contributed by atoms with Gasteiger partial charge in [-0.1, -0.05) is 60.7 Å². The number of nitrogens with one attached hydrogen (secondary N) is 1. The molecule has 2 N–H and O–H groups in total. The van der Waals surface area contributed by atoms with Gasteiger partial charge in [0.1, 0.15) is 6.54 Å². The summed E-state index contributed by atoms with van der Waals surface area (Å²) < 4.78 is 6.55. The van der Waals surface area contributed by atoms with Crippen LogP contribution >= 0.6 is 0 Å². The Balaban J connectivity index is 1.30. The second kappa shape index (κ2) is 10.4. The maximum atomic E-state index is 13.6. The molecule has 0 radical (unpaired) electrons. The van der Waals surface area contributed by atoms with E-state index < -0.39 is 22.6 Å². The number of aliphatic hydroxyl groups is 1. The third-order valence-corrected chi connectivity index (χ3v) is 7.82. The van der Waals surface area contributed by atoms with Crippen LogP contribution in [-0.4, -0.2) is 58.7 Å². The normalized spacial score (nSPS) is 22.4. The Labute approximate surface area is 220 Å². The summed E-state index contributed by atoms with van der Waals surface area (Å²) in [6.07, 6.45) is 1.21. The lowest BCUT2D eigenvalue weighted by Crippen LogP contribution is -2.66. The van der Waals surface area contributed by atoms with Crippen molar-refractivity contribution in [2.75, 3.05) is 31.5 Å². The molecule has 196 valence electrons. The first-order valence-corrected chi connectivity index (χ1v) is 12.7. The van der Waals surface area contributed by atoms with Crippen LogP contribution in [0.2, 0.25) is 0 Å². The van der Waals surface area contributed by atoms with Crippen molar-refractivity contribution in [3.05, 3.63) is 106 Å². The van der Waals surface area contributed by atoms with Crippen molar-refractivity contribution in [3.8, 4) is 0 Å². The van der Waals surface area contributed by atoms with E-state index in [0.717, 1.165) is 25.9 Å². The van der Waals surface area contributed by atoms with E-state index in [0.29, 0.717) is 27.8 Å². The standard InChI is InChI=1S/C29H29N3O6/c33-27(30-24-11-13-25(14-12-24)31(36)37)20-32-17-15-21(16-18-32)26(19-32)38-28(34)29(35,22-7-3-1-4-8-22)23-9-5-2-6-10-23/h1-14,21,26,35H,15-20H2/p+1. The lowest BCUT2D eigenvalue weighted by Gasteiger charge is -2.51. The molecule has 9 heteroatoms. The van der Waals surface area contributed by atoms with Crippen LogP contribution in [0.4, 0.5) is 11.4 Å². The summed E-state index contributed by atoms with van der Waals surface area (Å²) in [6, 6.07) is 23.3. The number of nitro groups is 1. The molecule has 1 atom stereocenters. The highest BCUT2D eigenvalue weighted by molar-refractivity contribution is 5.91. The minimum Gasteiger partial charge on any atom is -0.453 e. The number of hydrogen-bond acceptors (Lipinski definition) is 6. The molecule has 0 aliphatic carbocycles. The van der Waals surface area contributed by atoms with E-state index in [1.807, 2.05) is 12.1 Å². The second-order valence-electron chi connectivity index (χ2n) is 10.2. The van der Waals surface area contributed by atoms with Gasteiger partial charge in [0.25, 0.3) is 11.6 Å². The Kier molecular flexibility index (Phi) is 6.96. The number of benzene rings is 3. The smallest absolute Gasteiger partial charge is 0.348 e. The molecule has 0 spiro atoms. The maximum absolute atomic E-state index is 13.6. The van der Waals surface area contributed by atoms with Gasteiger partial charge in [-0.05, 0) is 23.3 Å². The molecule has 3 heterocycles. The highest BCUT2D eigenvalue weighted by atomic mass is 16.6. The Hall–Kier alpha value is -4.08. The van der Waals surface area contributed by atoms with Gasteiger partial charge in [-0.2, -0.15) is 0 Å². The largest absolute Gasteiger partial charge is 0.453 e. The van der Waals surface area contributed by atoms with Crippen LogP contribution in [0.5, 0.6) is 0 Å². The number of amides is 1. The van der Waals surface area contributed by atoms with Crippen molar-refractivity contribution >= 4 is 23.3 Å². The molecule has 3 aliphatic heterocycles. The summed E-state index contributed by atoms with van der Waals surface area (Å²) in [7, 11) is 0. The predicted octanol–water partition coefficient (Wildman–Crippen LogP) is 3.62. The first-order valence-electron chi connectivity index (χ1n) is 12.7. The molecule has 3 fully saturated rings. The number of fused-ring (bicyclic) bond motifs is 3. The molecule has 6 rings (SSSR count). The summed E-state index contributed by atoms with van der Waals surface area (Å²) >= 11 is 0. The van der Waals surface area contributed by atoms with Gasteiger partial charge in [-0.3, -0.25) is 14.9 Å². The summed E-state index contributed by atoms with van der Waals surface area (Å²) in [5.41, 5.74) is -0.636. The molecule has 3 aromatic rings. The molecule has 3 saturated heterocycles. The average Bonchev–Trinajstić information content (AvgIpc) is 2.94. The molecule has 9 nitrogen and oxygen atoms in total. The van der Waals surface area contributed by atoms with E-state index in [1.165, 1.54) is 24.3 Å². The second-order valence-corrected chi connectivity index (χ2v) is 10.2. The summed E-state index contributed by atoms with van der Waals surface area (Å²) in [4.78, 5) is 37.0. The predicted molar refractivity (Wildman–Crippen MR) is 140 cm³/mol. The first kappa shape index (κ1) is 25.6. The zero-order valence-electron chi connectivity index (χ0n) is 20.9. The zero-order chi connectivity index (χ0) is 26.8. The Morgan fingerprint density at radius 2 is 1.50 bits per heavy atom. The van der Waals surface area contributed by atoms with E-state index in [1.54, 1.807) is 48.5 Å². The first-order chi connectivity index (χ1) is 18.3. The van der Waals surface area contributed by atoms with Gasteiger partial charge in [-0.15, -0.1) is 0 Å². The molecule has 38 heavy (non-hydrogen) atoms. The highest BCUT2D eigenvalue weighted by Crippen LogP contribution is 2.38. The van der Waals surface area contributed by atoms with E-state index in [-0.39, 0.29) is 24.1 Å². The molecule has 3 aliphatic rings. The van der Waals surface area contributed by atoms with Gasteiger partial charge in [0.05, 0.1) is 18.0 Å². The van der Waals surface area contributed by atoms with E-state index in [4.69, 9.17) is 4.74 Å². The molecule has 1 amide bonds. The SMILES string of the molecule is O=C(C[N+]12CCC(CC1)C(OC(=O)C(O)(c1ccccc1)c1ccccc1)C2)Nc1ccc([N+](=O)[O-])cc1. The van der Waals surface area contributed by atoms with Crippen LogP contribution < -0.4 is 5.32 Å². The van der Waals surface area contributed by atoms with Gasteiger partial charge in [0.15, 0.2) is 12.6 Å². The Morgan fingerprint density at radius 1 is 0.947 bits per heavy atom.